The number of ether oxygens (including phenoxy) is 1. The van der Waals surface area contributed by atoms with Crippen molar-refractivity contribution < 1.29 is 35.2 Å². The fraction of sp³-hybridized carbons (Fsp3) is 0.174. The molecule has 0 spiro atoms. The Labute approximate surface area is 243 Å². The molecule has 3 heterocycles. The van der Waals surface area contributed by atoms with Gasteiger partial charge in [0.2, 0.25) is 17.3 Å². The van der Waals surface area contributed by atoms with Crippen LogP contribution in [-0.2, 0) is 26.1 Å². The number of nitrogens with zero attached hydrogens (tertiary/aromatic N) is 2. The molecule has 4 rings (SSSR count). The first-order valence-electron chi connectivity index (χ1n) is 10.5. The van der Waals surface area contributed by atoms with E-state index in [1.54, 1.807) is 30.4 Å². The third-order valence-electron chi connectivity index (χ3n) is 4.70. The predicted octanol–water partition coefficient (Wildman–Crippen LogP) is 5.81. The Balaban J connectivity index is 0.00000121. The maximum absolute atomic E-state index is 11.5. The lowest BCUT2D eigenvalue weighted by molar-refractivity contribution is -0.649. The molecule has 0 saturated carbocycles. The number of thiophene rings is 1. The van der Waals surface area contributed by atoms with E-state index < -0.39 is 32.0 Å². The summed E-state index contributed by atoms with van der Waals surface area (Å²) in [6.45, 7) is 13.8. The van der Waals surface area contributed by atoms with Crippen molar-refractivity contribution in [3.63, 3.8) is 0 Å². The van der Waals surface area contributed by atoms with Crippen molar-refractivity contribution in [3.8, 4) is 5.75 Å². The fourth-order valence-corrected chi connectivity index (χ4v) is 8.01. The highest BCUT2D eigenvalue weighted by Gasteiger charge is 2.29. The van der Waals surface area contributed by atoms with Gasteiger partial charge in [-0.15, -0.1) is 37.7 Å². The maximum Gasteiger partial charge on any atom is 0.264 e. The smallest absolute Gasteiger partial charge is 0.264 e. The van der Waals surface area contributed by atoms with E-state index in [4.69, 9.17) is 16.3 Å². The number of fused-ring (bicyclic) bond motifs is 2. The first-order valence-corrected chi connectivity index (χ1v) is 16.4. The molecule has 0 unspecified atom stereocenters. The molecule has 0 aliphatic carbocycles. The van der Waals surface area contributed by atoms with Crippen LogP contribution in [0.5, 0.6) is 5.75 Å². The predicted molar refractivity (Wildman–Crippen MR) is 155 cm³/mol. The van der Waals surface area contributed by atoms with E-state index >= 15 is 0 Å². The number of hydrogen-bond acceptors (Lipinski definition) is 10. The lowest BCUT2D eigenvalue weighted by Gasteiger charge is -2.20. The van der Waals surface area contributed by atoms with Gasteiger partial charge < -0.3 is 13.8 Å². The second-order valence-corrected chi connectivity index (χ2v) is 14.1. The minimum Gasteiger partial charge on any atom is -0.747 e. The molecular formula is C23H23BrClN2O7S4-. The summed E-state index contributed by atoms with van der Waals surface area (Å²) in [5.74, 6) is -1.16. The first-order chi connectivity index (χ1) is 17.8. The van der Waals surface area contributed by atoms with Gasteiger partial charge in [0.05, 0.1) is 9.47 Å². The van der Waals surface area contributed by atoms with Crippen molar-refractivity contribution >= 4 is 91.7 Å². The molecule has 1 aliphatic heterocycles. The fourth-order valence-electron chi connectivity index (χ4n) is 3.30. The number of anilines is 1. The van der Waals surface area contributed by atoms with Gasteiger partial charge in [0, 0.05) is 23.2 Å². The number of allylic oxidation sites excluding steroid dienone is 2. The Kier molecular flexibility index (Phi) is 11.3. The SMILES string of the molecule is C=C.C=C.CCC(=C/c1sc2sc(Br)cc2[n+]1CS(=O)(=O)[O-])/C=C1/Oc2ccc(Cl)cc2N1CS(=O)(=O)[O-]. The van der Waals surface area contributed by atoms with Crippen molar-refractivity contribution in [3.05, 3.63) is 81.9 Å². The van der Waals surface area contributed by atoms with Gasteiger partial charge in [0.1, 0.15) is 16.0 Å². The van der Waals surface area contributed by atoms with E-state index in [0.29, 0.717) is 39.0 Å². The van der Waals surface area contributed by atoms with Gasteiger partial charge in [-0.3, -0.25) is 4.90 Å². The van der Waals surface area contributed by atoms with Crippen LogP contribution in [0.2, 0.25) is 5.02 Å². The van der Waals surface area contributed by atoms with Gasteiger partial charge >= 0.3 is 0 Å². The van der Waals surface area contributed by atoms with Crippen LogP contribution in [0.15, 0.2) is 71.9 Å². The third kappa shape index (κ3) is 8.23. The standard InChI is InChI=1S/C19H16BrClN2O7S4.2C2H4/c1-2-11(6-18-23(10-34(27,28)29)14-8-16(20)31-19(14)32-18)5-17-22(9-33(24,25)26)13-7-12(21)3-4-15(13)30-17;2*1-2/h3-8H,2,9-10H2,1H3,(H-,24,25,26,27,28,29);2*1-2H2/p-1. The summed E-state index contributed by atoms with van der Waals surface area (Å²) in [7, 11) is -9.22. The molecule has 0 radical (unpaired) electrons. The summed E-state index contributed by atoms with van der Waals surface area (Å²) in [4.78, 5) is 1.22. The zero-order chi connectivity index (χ0) is 28.8. The van der Waals surface area contributed by atoms with E-state index in [1.165, 1.54) is 38.2 Å². The summed E-state index contributed by atoms with van der Waals surface area (Å²) >= 11 is 12.1. The van der Waals surface area contributed by atoms with Crippen LogP contribution in [0.25, 0.3) is 15.6 Å². The Morgan fingerprint density at radius 1 is 1.13 bits per heavy atom. The second kappa shape index (κ2) is 13.3. The summed E-state index contributed by atoms with van der Waals surface area (Å²) in [6, 6.07) is 6.38. The summed E-state index contributed by atoms with van der Waals surface area (Å²) < 4.78 is 78.0. The van der Waals surface area contributed by atoms with Crippen molar-refractivity contribution in [2.75, 3.05) is 10.8 Å². The van der Waals surface area contributed by atoms with Crippen molar-refractivity contribution in [2.24, 2.45) is 0 Å². The molecular weight excluding hydrogens is 660 g/mol. The van der Waals surface area contributed by atoms with E-state index in [2.05, 4.69) is 42.2 Å². The van der Waals surface area contributed by atoms with E-state index in [0.717, 1.165) is 7.80 Å². The highest BCUT2D eigenvalue weighted by molar-refractivity contribution is 9.11. The number of hydrogen-bond donors (Lipinski definition) is 0. The van der Waals surface area contributed by atoms with E-state index in [9.17, 15) is 25.9 Å². The summed E-state index contributed by atoms with van der Waals surface area (Å²) in [5.41, 5.74) is 1.59. The molecule has 0 bridgehead atoms. The van der Waals surface area contributed by atoms with Crippen LogP contribution < -0.4 is 14.2 Å². The Hall–Kier alpha value is -2.04. The van der Waals surface area contributed by atoms with Crippen LogP contribution in [0.1, 0.15) is 18.4 Å². The molecule has 3 aromatic rings. The van der Waals surface area contributed by atoms with E-state index in [-0.39, 0.29) is 5.88 Å². The minimum atomic E-state index is -4.65. The number of halogens is 2. The topological polar surface area (TPSA) is 131 Å². The molecule has 15 heteroatoms. The molecule has 0 saturated heterocycles. The van der Waals surface area contributed by atoms with Gasteiger partial charge in [-0.05, 0) is 46.1 Å². The largest absolute Gasteiger partial charge is 0.747 e. The lowest BCUT2D eigenvalue weighted by Crippen LogP contribution is -2.38. The van der Waals surface area contributed by atoms with Gasteiger partial charge in [-0.1, -0.05) is 29.9 Å². The number of aromatic nitrogens is 1. The summed E-state index contributed by atoms with van der Waals surface area (Å²) in [6.07, 6.45) is 3.73. The van der Waals surface area contributed by atoms with Gasteiger partial charge in [0.15, 0.2) is 19.9 Å². The zero-order valence-electron chi connectivity index (χ0n) is 20.1. The molecule has 0 fully saturated rings. The molecule has 1 aliphatic rings. The quantitative estimate of drug-likeness (QED) is 0.173. The van der Waals surface area contributed by atoms with Crippen molar-refractivity contribution in [2.45, 2.75) is 19.2 Å². The van der Waals surface area contributed by atoms with Gasteiger partial charge in [0.25, 0.3) is 5.01 Å². The molecule has 0 atom stereocenters. The molecule has 38 heavy (non-hydrogen) atoms. The minimum absolute atomic E-state index is 0.105. The van der Waals surface area contributed by atoms with Gasteiger partial charge in [-0.2, -0.15) is 4.57 Å². The van der Waals surface area contributed by atoms with Crippen molar-refractivity contribution in [1.82, 2.24) is 0 Å². The first kappa shape index (κ1) is 32.2. The maximum atomic E-state index is 11.5. The van der Waals surface area contributed by atoms with Gasteiger partial charge in [-0.25, -0.2) is 16.8 Å². The average molecular weight is 683 g/mol. The Bertz CT molecular complexity index is 1590. The zero-order valence-corrected chi connectivity index (χ0v) is 25.7. The number of thiazole rings is 1. The molecule has 1 aromatic carbocycles. The molecule has 0 amide bonds. The molecule has 9 nitrogen and oxygen atoms in total. The van der Waals surface area contributed by atoms with Crippen LogP contribution in [-0.4, -0.2) is 31.8 Å². The monoisotopic (exact) mass is 681 g/mol. The normalized spacial score (nSPS) is 14.4. The molecule has 2 aromatic heterocycles. The third-order valence-corrected chi connectivity index (χ3v) is 8.94. The average Bonchev–Trinajstić information content (AvgIpc) is 3.46. The number of benzene rings is 1. The second-order valence-electron chi connectivity index (χ2n) is 7.16. The molecule has 206 valence electrons. The van der Waals surface area contributed by atoms with Crippen LogP contribution in [0.4, 0.5) is 5.69 Å². The van der Waals surface area contributed by atoms with Crippen LogP contribution in [0, 0.1) is 0 Å². The van der Waals surface area contributed by atoms with Crippen LogP contribution >= 0.6 is 50.2 Å². The Morgan fingerprint density at radius 3 is 2.37 bits per heavy atom. The molecule has 0 N–H and O–H groups in total. The lowest BCUT2D eigenvalue weighted by atomic mass is 10.2. The number of rotatable bonds is 7. The van der Waals surface area contributed by atoms with Crippen molar-refractivity contribution in [1.29, 1.82) is 0 Å². The summed E-state index contributed by atoms with van der Waals surface area (Å²) in [5, 5.41) is 0.858. The highest BCUT2D eigenvalue weighted by Crippen LogP contribution is 2.41. The Morgan fingerprint density at radius 2 is 1.79 bits per heavy atom. The highest BCUT2D eigenvalue weighted by atomic mass is 79.9. The van der Waals surface area contributed by atoms with E-state index in [1.807, 2.05) is 6.92 Å². The van der Waals surface area contributed by atoms with Crippen LogP contribution in [0.3, 0.4) is 0 Å².